The number of ether oxygens (including phenoxy) is 2. The molecule has 11 heteroatoms. The molecule has 33 heavy (non-hydrogen) atoms. The highest BCUT2D eigenvalue weighted by atomic mass is 19.4. The van der Waals surface area contributed by atoms with Crippen molar-refractivity contribution in [3.63, 3.8) is 0 Å². The molecule has 2 atom stereocenters. The van der Waals surface area contributed by atoms with Gasteiger partial charge in [0.1, 0.15) is 5.76 Å². The van der Waals surface area contributed by atoms with Crippen molar-refractivity contribution in [1.29, 1.82) is 0 Å². The van der Waals surface area contributed by atoms with Crippen molar-refractivity contribution in [2.24, 2.45) is 5.41 Å². The largest absolute Gasteiger partial charge is 0.490 e. The highest BCUT2D eigenvalue weighted by molar-refractivity contribution is 5.95. The molecule has 0 aliphatic carbocycles. The molecule has 0 aromatic carbocycles. The lowest BCUT2D eigenvalue weighted by Crippen LogP contribution is -2.58. The van der Waals surface area contributed by atoms with Crippen LogP contribution in [-0.4, -0.2) is 65.5 Å². The molecule has 4 heterocycles. The summed E-state index contributed by atoms with van der Waals surface area (Å²) in [5, 5.41) is 7.12. The number of carbonyl (C=O) groups is 2. The van der Waals surface area contributed by atoms with Gasteiger partial charge in [-0.3, -0.25) is 4.79 Å². The maximum absolute atomic E-state index is 12.9. The van der Waals surface area contributed by atoms with E-state index in [2.05, 4.69) is 4.98 Å². The molecule has 2 unspecified atom stereocenters. The predicted octanol–water partition coefficient (Wildman–Crippen LogP) is 3.71. The summed E-state index contributed by atoms with van der Waals surface area (Å²) >= 11 is 0. The second-order valence-corrected chi connectivity index (χ2v) is 7.99. The first-order chi connectivity index (χ1) is 15.6. The van der Waals surface area contributed by atoms with Crippen molar-refractivity contribution in [2.45, 2.75) is 38.5 Å². The number of carboxylic acid groups (broad SMARTS) is 1. The van der Waals surface area contributed by atoms with Gasteiger partial charge in [-0.05, 0) is 38.3 Å². The van der Waals surface area contributed by atoms with E-state index in [4.69, 9.17) is 23.8 Å². The first kappa shape index (κ1) is 24.6. The predicted molar refractivity (Wildman–Crippen MR) is 109 cm³/mol. The van der Waals surface area contributed by atoms with Crippen molar-refractivity contribution in [3.05, 3.63) is 48.0 Å². The summed E-state index contributed by atoms with van der Waals surface area (Å²) in [5.41, 5.74) is 0.447. The number of carbonyl (C=O) groups excluding carboxylic acids is 1. The zero-order valence-corrected chi connectivity index (χ0v) is 18.0. The number of alkyl halides is 3. The van der Waals surface area contributed by atoms with Crippen LogP contribution < -0.4 is 4.74 Å². The van der Waals surface area contributed by atoms with Gasteiger partial charge in [0.15, 0.2) is 0 Å². The molecule has 2 aromatic rings. The van der Waals surface area contributed by atoms with Gasteiger partial charge in [-0.15, -0.1) is 0 Å². The second-order valence-electron chi connectivity index (χ2n) is 7.99. The van der Waals surface area contributed by atoms with Crippen LogP contribution in [0.15, 0.2) is 41.1 Å². The Morgan fingerprint density at radius 2 is 2.09 bits per heavy atom. The van der Waals surface area contributed by atoms with Gasteiger partial charge in [-0.25, -0.2) is 9.78 Å². The molecule has 2 aliphatic heterocycles. The second kappa shape index (κ2) is 10.2. The maximum Gasteiger partial charge on any atom is 0.490 e. The monoisotopic (exact) mass is 470 g/mol. The Balaban J connectivity index is 0.000000383. The molecule has 2 saturated heterocycles. The van der Waals surface area contributed by atoms with Crippen LogP contribution in [0.4, 0.5) is 13.2 Å². The van der Waals surface area contributed by atoms with Gasteiger partial charge in [-0.1, -0.05) is 6.07 Å². The van der Waals surface area contributed by atoms with Crippen molar-refractivity contribution >= 4 is 11.9 Å². The Morgan fingerprint density at radius 1 is 1.33 bits per heavy atom. The van der Waals surface area contributed by atoms with Crippen molar-refractivity contribution in [3.8, 4) is 5.88 Å². The molecular formula is C22H25F3N2O6. The molecule has 0 saturated carbocycles. The van der Waals surface area contributed by atoms with E-state index in [9.17, 15) is 18.0 Å². The number of hydrogen-bond acceptors (Lipinski definition) is 6. The number of amides is 1. The van der Waals surface area contributed by atoms with E-state index in [-0.39, 0.29) is 17.4 Å². The van der Waals surface area contributed by atoms with Crippen LogP contribution in [0.25, 0.3) is 0 Å². The van der Waals surface area contributed by atoms with E-state index in [0.29, 0.717) is 36.9 Å². The van der Waals surface area contributed by atoms with Gasteiger partial charge in [-0.2, -0.15) is 13.2 Å². The van der Waals surface area contributed by atoms with Gasteiger partial charge < -0.3 is 23.9 Å². The summed E-state index contributed by atoms with van der Waals surface area (Å²) in [7, 11) is 0. The normalized spacial score (nSPS) is 22.5. The number of nitrogens with zero attached hydrogens (tertiary/aromatic N) is 2. The van der Waals surface area contributed by atoms with Crippen LogP contribution in [0, 0.1) is 12.3 Å². The van der Waals surface area contributed by atoms with Gasteiger partial charge in [0.2, 0.25) is 5.88 Å². The number of piperidine rings is 1. The molecule has 8 nitrogen and oxygen atoms in total. The molecule has 2 aliphatic rings. The number of carboxylic acids is 1. The number of likely N-dealkylation sites (tertiary alicyclic amines) is 1. The molecule has 4 rings (SSSR count). The molecule has 180 valence electrons. The summed E-state index contributed by atoms with van der Waals surface area (Å²) in [6.45, 7) is 4.44. The molecule has 1 amide bonds. The Kier molecular flexibility index (Phi) is 7.62. The van der Waals surface area contributed by atoms with Crippen molar-refractivity contribution in [2.75, 3.05) is 26.3 Å². The Bertz CT molecular complexity index is 949. The van der Waals surface area contributed by atoms with E-state index in [1.165, 1.54) is 0 Å². The van der Waals surface area contributed by atoms with E-state index < -0.39 is 12.1 Å². The number of furan rings is 1. The van der Waals surface area contributed by atoms with E-state index >= 15 is 0 Å². The SMILES string of the molecule is Cc1occc1C(=O)N1CCC2OCCCC2(COc2ccccn2)C1.O=C(O)C(F)(F)F. The molecule has 2 aromatic heterocycles. The van der Waals surface area contributed by atoms with Crippen LogP contribution in [-0.2, 0) is 9.53 Å². The minimum Gasteiger partial charge on any atom is -0.477 e. The standard InChI is InChI=1S/C20H24N2O4.C2HF3O2/c1-15-16(7-12-24-15)19(23)22-10-6-17-20(13-22,8-4-11-25-17)14-26-18-5-2-3-9-21-18;3-2(4,5)1(6)7/h2-3,5,7,9,12,17H,4,6,8,10-11,13-14H2,1H3;(H,6,7). The quantitative estimate of drug-likeness (QED) is 0.727. The Hall–Kier alpha value is -3.08. The minimum atomic E-state index is -5.08. The Morgan fingerprint density at radius 3 is 2.70 bits per heavy atom. The fraction of sp³-hybridized carbons (Fsp3) is 0.500. The molecule has 0 bridgehead atoms. The fourth-order valence-electron chi connectivity index (χ4n) is 4.10. The average molecular weight is 470 g/mol. The number of aliphatic carboxylic acids is 1. The topological polar surface area (TPSA) is 102 Å². The third kappa shape index (κ3) is 6.04. The molecule has 0 spiro atoms. The smallest absolute Gasteiger partial charge is 0.477 e. The summed E-state index contributed by atoms with van der Waals surface area (Å²) in [5.74, 6) is -1.46. The summed E-state index contributed by atoms with van der Waals surface area (Å²) < 4.78 is 49.1. The lowest BCUT2D eigenvalue weighted by atomic mass is 9.73. The van der Waals surface area contributed by atoms with Gasteiger partial charge >= 0.3 is 12.1 Å². The molecule has 2 fully saturated rings. The van der Waals surface area contributed by atoms with E-state index in [1.807, 2.05) is 30.0 Å². The van der Waals surface area contributed by atoms with Gasteiger partial charge in [0, 0.05) is 37.4 Å². The zero-order chi connectivity index (χ0) is 24.1. The number of aromatic nitrogens is 1. The molecule has 1 N–H and O–H groups in total. The van der Waals surface area contributed by atoms with Gasteiger partial charge in [0.05, 0.1) is 24.5 Å². The first-order valence-electron chi connectivity index (χ1n) is 10.4. The highest BCUT2D eigenvalue weighted by Crippen LogP contribution is 2.41. The van der Waals surface area contributed by atoms with E-state index in [1.54, 1.807) is 18.5 Å². The van der Waals surface area contributed by atoms with Crippen LogP contribution in [0.1, 0.15) is 35.4 Å². The number of fused-ring (bicyclic) bond motifs is 1. The third-order valence-electron chi connectivity index (χ3n) is 5.75. The van der Waals surface area contributed by atoms with Crippen molar-refractivity contribution < 1.29 is 41.8 Å². The minimum absolute atomic E-state index is 0.0254. The lowest BCUT2D eigenvalue weighted by molar-refractivity contribution is -0.192. The third-order valence-corrected chi connectivity index (χ3v) is 5.75. The van der Waals surface area contributed by atoms with Crippen LogP contribution in [0.5, 0.6) is 5.88 Å². The summed E-state index contributed by atoms with van der Waals surface area (Å²) in [6, 6.07) is 7.38. The number of aryl methyl sites for hydroxylation is 1. The highest BCUT2D eigenvalue weighted by Gasteiger charge is 2.48. The summed E-state index contributed by atoms with van der Waals surface area (Å²) in [6.07, 6.45) is 1.12. The zero-order valence-electron chi connectivity index (χ0n) is 18.0. The van der Waals surface area contributed by atoms with Crippen LogP contribution >= 0.6 is 0 Å². The lowest BCUT2D eigenvalue weighted by Gasteiger charge is -2.50. The number of rotatable bonds is 4. The summed E-state index contributed by atoms with van der Waals surface area (Å²) in [4.78, 5) is 28.0. The number of halogens is 3. The molecule has 0 radical (unpaired) electrons. The van der Waals surface area contributed by atoms with E-state index in [0.717, 1.165) is 25.9 Å². The van der Waals surface area contributed by atoms with Crippen LogP contribution in [0.2, 0.25) is 0 Å². The first-order valence-corrected chi connectivity index (χ1v) is 10.4. The maximum atomic E-state index is 12.9. The Labute approximate surface area is 188 Å². The van der Waals surface area contributed by atoms with Gasteiger partial charge in [0.25, 0.3) is 5.91 Å². The number of hydrogen-bond donors (Lipinski definition) is 1. The molecular weight excluding hydrogens is 445 g/mol. The average Bonchev–Trinajstić information content (AvgIpc) is 3.23. The fourth-order valence-corrected chi connectivity index (χ4v) is 4.10. The number of pyridine rings is 1. The van der Waals surface area contributed by atoms with Crippen LogP contribution in [0.3, 0.4) is 0 Å². The van der Waals surface area contributed by atoms with Crippen molar-refractivity contribution in [1.82, 2.24) is 9.88 Å².